The average Bonchev–Trinajstić information content (AvgIpc) is 2.71. The van der Waals surface area contributed by atoms with Gasteiger partial charge in [0.1, 0.15) is 0 Å². The third-order valence-corrected chi connectivity index (χ3v) is 2.68. The van der Waals surface area contributed by atoms with Crippen LogP contribution in [0.15, 0.2) is 12.1 Å². The van der Waals surface area contributed by atoms with E-state index in [1.807, 2.05) is 6.92 Å². The van der Waals surface area contributed by atoms with Gasteiger partial charge in [0.2, 0.25) is 5.88 Å². The highest BCUT2D eigenvalue weighted by Crippen LogP contribution is 2.24. The van der Waals surface area contributed by atoms with Gasteiger partial charge in [-0.2, -0.15) is 0 Å². The summed E-state index contributed by atoms with van der Waals surface area (Å²) in [5.41, 5.74) is 2.19. The number of hydrogen-bond donors (Lipinski definition) is 1. The van der Waals surface area contributed by atoms with E-state index in [1.54, 1.807) is 7.11 Å². The lowest BCUT2D eigenvalue weighted by molar-refractivity contribution is 0.391. The number of rotatable bonds is 2. The molecular formula is C11H16N2O. The van der Waals surface area contributed by atoms with Crippen LogP contribution in [0.3, 0.4) is 0 Å². The van der Waals surface area contributed by atoms with E-state index in [9.17, 15) is 0 Å². The fourth-order valence-electron chi connectivity index (χ4n) is 1.86. The highest BCUT2D eigenvalue weighted by atomic mass is 16.5. The number of methoxy groups -OCH3 is 1. The number of nitrogens with zero attached hydrogens (tertiary/aromatic N) is 1. The Labute approximate surface area is 84.5 Å². The molecule has 1 aromatic heterocycles. The van der Waals surface area contributed by atoms with Gasteiger partial charge >= 0.3 is 0 Å². The van der Waals surface area contributed by atoms with Crippen molar-refractivity contribution in [3.05, 3.63) is 23.4 Å². The Morgan fingerprint density at radius 2 is 2.36 bits per heavy atom. The molecule has 0 amide bonds. The number of aryl methyl sites for hydroxylation is 1. The molecule has 1 aliphatic rings. The van der Waals surface area contributed by atoms with Gasteiger partial charge < -0.3 is 10.1 Å². The number of pyridine rings is 1. The second-order valence-electron chi connectivity index (χ2n) is 3.71. The minimum absolute atomic E-state index is 0.421. The number of aromatic nitrogens is 1. The molecule has 3 heteroatoms. The molecule has 0 bridgehead atoms. The number of ether oxygens (including phenoxy) is 1. The molecule has 1 fully saturated rings. The fourth-order valence-corrected chi connectivity index (χ4v) is 1.86. The summed E-state index contributed by atoms with van der Waals surface area (Å²) in [7, 11) is 1.67. The number of nitrogens with one attached hydrogen (secondary N) is 1. The van der Waals surface area contributed by atoms with Gasteiger partial charge in [0, 0.05) is 11.6 Å². The first-order valence-electron chi connectivity index (χ1n) is 5.06. The summed E-state index contributed by atoms with van der Waals surface area (Å²) < 4.78 is 5.21. The van der Waals surface area contributed by atoms with E-state index in [-0.39, 0.29) is 0 Å². The highest BCUT2D eigenvalue weighted by Gasteiger charge is 2.18. The van der Waals surface area contributed by atoms with Crippen molar-refractivity contribution in [1.82, 2.24) is 10.3 Å². The van der Waals surface area contributed by atoms with Crippen molar-refractivity contribution < 1.29 is 4.74 Å². The summed E-state index contributed by atoms with van der Waals surface area (Å²) in [6.45, 7) is 3.11. The minimum atomic E-state index is 0.421. The van der Waals surface area contributed by atoms with E-state index in [0.29, 0.717) is 6.04 Å². The standard InChI is InChI=1S/C11H16N2O/c1-8-5-6-10(13-11(8)14-2)9-4-3-7-12-9/h5-6,9,12H,3-4,7H2,1-2H3. The van der Waals surface area contributed by atoms with Crippen molar-refractivity contribution in [2.45, 2.75) is 25.8 Å². The summed E-state index contributed by atoms with van der Waals surface area (Å²) in [5, 5.41) is 3.43. The SMILES string of the molecule is COc1nc(C2CCCN2)ccc1C. The molecule has 1 atom stereocenters. The van der Waals surface area contributed by atoms with Crippen molar-refractivity contribution in [3.63, 3.8) is 0 Å². The molecule has 0 spiro atoms. The number of hydrogen-bond acceptors (Lipinski definition) is 3. The summed E-state index contributed by atoms with van der Waals surface area (Å²) >= 11 is 0. The van der Waals surface area contributed by atoms with Crippen LogP contribution in [0, 0.1) is 6.92 Å². The predicted octanol–water partition coefficient (Wildman–Crippen LogP) is 1.82. The largest absolute Gasteiger partial charge is 0.481 e. The Morgan fingerprint density at radius 3 is 3.00 bits per heavy atom. The first-order chi connectivity index (χ1) is 6.81. The topological polar surface area (TPSA) is 34.1 Å². The molecule has 1 unspecified atom stereocenters. The third kappa shape index (κ3) is 1.73. The maximum absolute atomic E-state index is 5.21. The van der Waals surface area contributed by atoms with Gasteiger partial charge in [0.05, 0.1) is 12.8 Å². The zero-order valence-corrected chi connectivity index (χ0v) is 8.71. The van der Waals surface area contributed by atoms with Crippen LogP contribution in [-0.4, -0.2) is 18.6 Å². The van der Waals surface area contributed by atoms with E-state index in [1.165, 1.54) is 12.8 Å². The van der Waals surface area contributed by atoms with Crippen LogP contribution in [0.4, 0.5) is 0 Å². The van der Waals surface area contributed by atoms with Crippen LogP contribution in [0.1, 0.15) is 30.1 Å². The molecule has 2 rings (SSSR count). The summed E-state index contributed by atoms with van der Waals surface area (Å²) in [6, 6.07) is 4.58. The molecule has 3 nitrogen and oxygen atoms in total. The monoisotopic (exact) mass is 192 g/mol. The van der Waals surface area contributed by atoms with E-state index in [0.717, 1.165) is 23.7 Å². The van der Waals surface area contributed by atoms with Gasteiger partial charge in [-0.15, -0.1) is 0 Å². The first kappa shape index (κ1) is 9.46. The predicted molar refractivity (Wildman–Crippen MR) is 55.5 cm³/mol. The Kier molecular flexibility index (Phi) is 2.68. The lowest BCUT2D eigenvalue weighted by Gasteiger charge is -2.11. The Bertz CT molecular complexity index is 319. The minimum Gasteiger partial charge on any atom is -0.481 e. The normalized spacial score (nSPS) is 21.1. The Morgan fingerprint density at radius 1 is 1.50 bits per heavy atom. The lowest BCUT2D eigenvalue weighted by atomic mass is 10.1. The smallest absolute Gasteiger partial charge is 0.216 e. The van der Waals surface area contributed by atoms with Gasteiger partial charge in [0.15, 0.2) is 0 Å². The van der Waals surface area contributed by atoms with Crippen LogP contribution in [-0.2, 0) is 0 Å². The van der Waals surface area contributed by atoms with Gasteiger partial charge in [-0.25, -0.2) is 4.98 Å². The second-order valence-corrected chi connectivity index (χ2v) is 3.71. The van der Waals surface area contributed by atoms with Crippen molar-refractivity contribution in [3.8, 4) is 5.88 Å². The lowest BCUT2D eigenvalue weighted by Crippen LogP contribution is -2.14. The van der Waals surface area contributed by atoms with Crippen molar-refractivity contribution in [1.29, 1.82) is 0 Å². The average molecular weight is 192 g/mol. The molecule has 1 saturated heterocycles. The zero-order chi connectivity index (χ0) is 9.97. The van der Waals surface area contributed by atoms with Crippen LogP contribution in [0.25, 0.3) is 0 Å². The summed E-state index contributed by atoms with van der Waals surface area (Å²) in [4.78, 5) is 4.49. The van der Waals surface area contributed by atoms with Gasteiger partial charge in [-0.1, -0.05) is 6.07 Å². The van der Waals surface area contributed by atoms with E-state index in [4.69, 9.17) is 4.74 Å². The van der Waals surface area contributed by atoms with Crippen molar-refractivity contribution in [2.75, 3.05) is 13.7 Å². The molecule has 14 heavy (non-hydrogen) atoms. The van der Waals surface area contributed by atoms with Gasteiger partial charge in [0.25, 0.3) is 0 Å². The van der Waals surface area contributed by atoms with E-state index in [2.05, 4.69) is 22.4 Å². The zero-order valence-electron chi connectivity index (χ0n) is 8.71. The molecule has 0 aliphatic carbocycles. The molecule has 0 aromatic carbocycles. The highest BCUT2D eigenvalue weighted by molar-refractivity contribution is 5.28. The van der Waals surface area contributed by atoms with E-state index >= 15 is 0 Å². The summed E-state index contributed by atoms with van der Waals surface area (Å²) in [6.07, 6.45) is 2.42. The summed E-state index contributed by atoms with van der Waals surface area (Å²) in [5.74, 6) is 0.746. The van der Waals surface area contributed by atoms with Crippen molar-refractivity contribution in [2.24, 2.45) is 0 Å². The van der Waals surface area contributed by atoms with E-state index < -0.39 is 0 Å². The first-order valence-corrected chi connectivity index (χ1v) is 5.06. The molecule has 0 radical (unpaired) electrons. The van der Waals surface area contributed by atoms with Crippen LogP contribution in [0.2, 0.25) is 0 Å². The Hall–Kier alpha value is -1.09. The second kappa shape index (κ2) is 3.96. The van der Waals surface area contributed by atoms with Crippen molar-refractivity contribution >= 4 is 0 Å². The maximum Gasteiger partial charge on any atom is 0.216 e. The van der Waals surface area contributed by atoms with Crippen LogP contribution >= 0.6 is 0 Å². The van der Waals surface area contributed by atoms with Crippen LogP contribution < -0.4 is 10.1 Å². The molecule has 2 heterocycles. The molecule has 0 saturated carbocycles. The Balaban J connectivity index is 2.25. The van der Waals surface area contributed by atoms with Crippen LogP contribution in [0.5, 0.6) is 5.88 Å². The maximum atomic E-state index is 5.21. The molecule has 1 aromatic rings. The van der Waals surface area contributed by atoms with Gasteiger partial charge in [-0.3, -0.25) is 0 Å². The molecule has 76 valence electrons. The molecular weight excluding hydrogens is 176 g/mol. The van der Waals surface area contributed by atoms with Gasteiger partial charge in [-0.05, 0) is 32.4 Å². The quantitative estimate of drug-likeness (QED) is 0.776. The third-order valence-electron chi connectivity index (χ3n) is 2.68. The molecule has 1 aliphatic heterocycles. The molecule has 1 N–H and O–H groups in total. The fraction of sp³-hybridized carbons (Fsp3) is 0.545.